The van der Waals surface area contributed by atoms with Gasteiger partial charge in [-0.15, -0.1) is 5.10 Å². The normalized spacial score (nSPS) is 8.62. The van der Waals surface area contributed by atoms with Gasteiger partial charge < -0.3 is 4.74 Å². The van der Waals surface area contributed by atoms with E-state index in [2.05, 4.69) is 22.0 Å². The van der Waals surface area contributed by atoms with E-state index in [0.29, 0.717) is 5.88 Å². The van der Waals surface area contributed by atoms with Crippen LogP contribution in [0.15, 0.2) is 18.3 Å². The maximum Gasteiger partial charge on any atom is 0.233 e. The molecule has 0 aliphatic rings. The molecule has 3 nitrogen and oxygen atoms in total. The second kappa shape index (κ2) is 2.26. The molecule has 0 saturated heterocycles. The molecule has 3 heteroatoms. The molecule has 1 rings (SSSR count). The molecule has 0 fully saturated rings. The summed E-state index contributed by atoms with van der Waals surface area (Å²) in [5, 5.41) is 7.10. The first-order valence-electron chi connectivity index (χ1n) is 2.13. The lowest BCUT2D eigenvalue weighted by Gasteiger charge is -1.90. The van der Waals surface area contributed by atoms with Crippen molar-refractivity contribution in [2.75, 3.05) is 0 Å². The van der Waals surface area contributed by atoms with E-state index in [1.54, 1.807) is 18.3 Å². The van der Waals surface area contributed by atoms with Crippen molar-refractivity contribution in [2.45, 2.75) is 0 Å². The quantitative estimate of drug-likeness (QED) is 0.531. The first-order chi connectivity index (χ1) is 3.93. The highest BCUT2D eigenvalue weighted by Crippen LogP contribution is 1.98. The zero-order valence-corrected chi connectivity index (χ0v) is 4.24. The van der Waals surface area contributed by atoms with E-state index in [1.165, 1.54) is 0 Å². The number of hydrogen-bond acceptors (Lipinski definition) is 3. The summed E-state index contributed by atoms with van der Waals surface area (Å²) < 4.78 is 4.49. The largest absolute Gasteiger partial charge is 0.473 e. The molecule has 1 heterocycles. The minimum Gasteiger partial charge on any atom is -0.473 e. The van der Waals surface area contributed by atoms with Crippen molar-refractivity contribution in [3.63, 3.8) is 0 Å². The van der Waals surface area contributed by atoms with Crippen LogP contribution in [0.5, 0.6) is 5.88 Å². The minimum atomic E-state index is 0.438. The minimum absolute atomic E-state index is 0.438. The standard InChI is InChI=1S/C5H5N2O/c1-8-5-3-2-4-6-7-5/h2-4H,1H2. The fraction of sp³-hybridized carbons (Fsp3) is 0. The van der Waals surface area contributed by atoms with Gasteiger partial charge in [-0.05, 0) is 6.07 Å². The fourth-order valence-electron chi connectivity index (χ4n) is 0.364. The van der Waals surface area contributed by atoms with Gasteiger partial charge in [-0.3, -0.25) is 0 Å². The summed E-state index contributed by atoms with van der Waals surface area (Å²) in [6.07, 6.45) is 1.57. The Bertz CT molecular complexity index is 152. The molecule has 1 aromatic rings. The molecule has 0 amide bonds. The zero-order chi connectivity index (χ0) is 5.82. The average molecular weight is 109 g/mol. The Balaban J connectivity index is 2.83. The Labute approximate surface area is 47.3 Å². The van der Waals surface area contributed by atoms with Crippen molar-refractivity contribution in [1.82, 2.24) is 10.2 Å². The molecule has 0 atom stereocenters. The third-order valence-corrected chi connectivity index (χ3v) is 0.696. The molecule has 8 heavy (non-hydrogen) atoms. The number of ether oxygens (including phenoxy) is 1. The van der Waals surface area contributed by atoms with Crippen molar-refractivity contribution < 1.29 is 4.74 Å². The van der Waals surface area contributed by atoms with E-state index in [1.807, 2.05) is 0 Å². The summed E-state index contributed by atoms with van der Waals surface area (Å²) in [5.74, 6) is 0.438. The van der Waals surface area contributed by atoms with Gasteiger partial charge in [0.2, 0.25) is 5.88 Å². The molecule has 0 aliphatic heterocycles. The summed E-state index contributed by atoms with van der Waals surface area (Å²) in [5.41, 5.74) is 0. The SMILES string of the molecule is [CH2]Oc1cccnn1. The Morgan fingerprint density at radius 3 is 2.88 bits per heavy atom. The van der Waals surface area contributed by atoms with Gasteiger partial charge in [0, 0.05) is 12.3 Å². The summed E-state index contributed by atoms with van der Waals surface area (Å²) >= 11 is 0. The van der Waals surface area contributed by atoms with E-state index >= 15 is 0 Å². The van der Waals surface area contributed by atoms with E-state index in [4.69, 9.17) is 0 Å². The molecule has 0 saturated carbocycles. The zero-order valence-electron chi connectivity index (χ0n) is 4.24. The summed E-state index contributed by atoms with van der Waals surface area (Å²) in [4.78, 5) is 0. The monoisotopic (exact) mass is 109 g/mol. The van der Waals surface area contributed by atoms with Crippen LogP contribution < -0.4 is 4.74 Å². The molecule has 0 aromatic carbocycles. The van der Waals surface area contributed by atoms with Crippen LogP contribution in [-0.4, -0.2) is 10.2 Å². The van der Waals surface area contributed by atoms with Crippen LogP contribution in [0.3, 0.4) is 0 Å². The maximum absolute atomic E-state index is 4.49. The van der Waals surface area contributed by atoms with Gasteiger partial charge in [0.15, 0.2) is 0 Å². The van der Waals surface area contributed by atoms with Gasteiger partial charge in [0.25, 0.3) is 0 Å². The summed E-state index contributed by atoms with van der Waals surface area (Å²) in [6, 6.07) is 3.41. The highest BCUT2D eigenvalue weighted by molar-refractivity contribution is 5.04. The van der Waals surface area contributed by atoms with Crippen LogP contribution in [0.4, 0.5) is 0 Å². The molecule has 41 valence electrons. The molecule has 0 unspecified atom stereocenters. The van der Waals surface area contributed by atoms with E-state index in [9.17, 15) is 0 Å². The second-order valence-corrected chi connectivity index (χ2v) is 1.21. The van der Waals surface area contributed by atoms with E-state index in [0.717, 1.165) is 0 Å². The number of aromatic nitrogens is 2. The lowest BCUT2D eigenvalue weighted by Crippen LogP contribution is -1.84. The second-order valence-electron chi connectivity index (χ2n) is 1.21. The smallest absolute Gasteiger partial charge is 0.233 e. The number of rotatable bonds is 1. The van der Waals surface area contributed by atoms with Crippen molar-refractivity contribution in [1.29, 1.82) is 0 Å². The highest BCUT2D eigenvalue weighted by atomic mass is 16.5. The van der Waals surface area contributed by atoms with E-state index in [-0.39, 0.29) is 0 Å². The van der Waals surface area contributed by atoms with Gasteiger partial charge in [0.05, 0.1) is 0 Å². The lowest BCUT2D eigenvalue weighted by molar-refractivity contribution is 0.446. The first-order valence-corrected chi connectivity index (χ1v) is 2.13. The number of nitrogens with zero attached hydrogens (tertiary/aromatic N) is 2. The molecule has 0 N–H and O–H groups in total. The maximum atomic E-state index is 4.49. The summed E-state index contributed by atoms with van der Waals surface area (Å²) in [6.45, 7) is 0. The van der Waals surface area contributed by atoms with Crippen LogP contribution in [-0.2, 0) is 0 Å². The third-order valence-electron chi connectivity index (χ3n) is 0.696. The topological polar surface area (TPSA) is 35.0 Å². The molecule has 0 bridgehead atoms. The van der Waals surface area contributed by atoms with Gasteiger partial charge in [-0.2, -0.15) is 5.10 Å². The predicted octanol–water partition coefficient (Wildman–Crippen LogP) is 0.647. The Morgan fingerprint density at radius 2 is 2.50 bits per heavy atom. The lowest BCUT2D eigenvalue weighted by atomic mass is 10.6. The van der Waals surface area contributed by atoms with Gasteiger partial charge >= 0.3 is 0 Å². The predicted molar refractivity (Wildman–Crippen MR) is 28.0 cm³/mol. The van der Waals surface area contributed by atoms with Crippen LogP contribution in [0.25, 0.3) is 0 Å². The Morgan fingerprint density at radius 1 is 1.62 bits per heavy atom. The average Bonchev–Trinajstić information content (AvgIpc) is 1.90. The molecule has 0 spiro atoms. The van der Waals surface area contributed by atoms with Crippen LogP contribution in [0.1, 0.15) is 0 Å². The van der Waals surface area contributed by atoms with Crippen molar-refractivity contribution in [3.8, 4) is 5.88 Å². The van der Waals surface area contributed by atoms with E-state index < -0.39 is 0 Å². The molecular weight excluding hydrogens is 104 g/mol. The first kappa shape index (κ1) is 5.03. The highest BCUT2D eigenvalue weighted by Gasteiger charge is 1.83. The molecular formula is C5H5N2O. The molecule has 1 aromatic heterocycles. The van der Waals surface area contributed by atoms with Gasteiger partial charge in [-0.1, -0.05) is 0 Å². The fourth-order valence-corrected chi connectivity index (χ4v) is 0.364. The van der Waals surface area contributed by atoms with Crippen molar-refractivity contribution in [2.24, 2.45) is 0 Å². The molecule has 1 radical (unpaired) electrons. The van der Waals surface area contributed by atoms with Gasteiger partial charge in [-0.25, -0.2) is 0 Å². The van der Waals surface area contributed by atoms with Crippen molar-refractivity contribution in [3.05, 3.63) is 25.4 Å². The molecule has 0 aliphatic carbocycles. The van der Waals surface area contributed by atoms with Crippen LogP contribution >= 0.6 is 0 Å². The number of hydrogen-bond donors (Lipinski definition) is 0. The third kappa shape index (κ3) is 0.932. The Kier molecular flexibility index (Phi) is 1.42. The van der Waals surface area contributed by atoms with Crippen LogP contribution in [0.2, 0.25) is 0 Å². The van der Waals surface area contributed by atoms with Crippen LogP contribution in [0, 0.1) is 7.11 Å². The van der Waals surface area contributed by atoms with Gasteiger partial charge in [0.1, 0.15) is 7.11 Å². The summed E-state index contributed by atoms with van der Waals surface area (Å²) in [7, 11) is 3.15. The Hall–Kier alpha value is -1.12. The van der Waals surface area contributed by atoms with Crippen molar-refractivity contribution >= 4 is 0 Å².